The molecule has 0 spiro atoms. The Bertz CT molecular complexity index is 1480. The number of aromatic carboxylic acids is 1. The molecule has 0 aliphatic rings. The van der Waals surface area contributed by atoms with E-state index >= 15 is 0 Å². The lowest BCUT2D eigenvalue weighted by Crippen LogP contribution is -2.00. The Labute approximate surface area is 178 Å². The summed E-state index contributed by atoms with van der Waals surface area (Å²) in [6, 6.07) is 15.8. The Morgan fingerprint density at radius 3 is 2.58 bits per heavy atom. The van der Waals surface area contributed by atoms with Crippen LogP contribution in [0.1, 0.15) is 27.0 Å². The molecule has 0 bridgehead atoms. The standard InChI is InChI=1S/C25H21N3O3/c1-13-4-6-17(10-20(13)24(29)30)31-25-27-22-8-14(2)19(11-23(22)28-25)16-5-7-18-15(3)12-26-21(18)9-16/h4-12,26H,1-3H3,(H,27,28)(H,29,30). The van der Waals surface area contributed by atoms with Crippen LogP contribution in [0.15, 0.2) is 54.7 Å². The lowest BCUT2D eigenvalue weighted by molar-refractivity contribution is 0.0695. The molecule has 2 heterocycles. The molecule has 5 rings (SSSR count). The van der Waals surface area contributed by atoms with Gasteiger partial charge in [0, 0.05) is 17.1 Å². The van der Waals surface area contributed by atoms with E-state index in [9.17, 15) is 9.90 Å². The van der Waals surface area contributed by atoms with Gasteiger partial charge in [-0.15, -0.1) is 0 Å². The van der Waals surface area contributed by atoms with Gasteiger partial charge < -0.3 is 19.8 Å². The molecule has 3 aromatic carbocycles. The molecule has 154 valence electrons. The van der Waals surface area contributed by atoms with Gasteiger partial charge in [-0.05, 0) is 78.9 Å². The predicted molar refractivity (Wildman–Crippen MR) is 121 cm³/mol. The zero-order chi connectivity index (χ0) is 21.7. The summed E-state index contributed by atoms with van der Waals surface area (Å²) >= 11 is 0. The second-order valence-corrected chi connectivity index (χ2v) is 7.84. The summed E-state index contributed by atoms with van der Waals surface area (Å²) in [6.07, 6.45) is 2.02. The minimum atomic E-state index is -0.984. The summed E-state index contributed by atoms with van der Waals surface area (Å²) < 4.78 is 5.82. The number of nitrogens with zero attached hydrogens (tertiary/aromatic N) is 1. The summed E-state index contributed by atoms with van der Waals surface area (Å²) in [5.74, 6) is -0.561. The Balaban J connectivity index is 1.52. The number of fused-ring (bicyclic) bond motifs is 2. The maximum atomic E-state index is 11.4. The fraction of sp³-hybridized carbons (Fsp3) is 0.120. The Kier molecular flexibility index (Phi) is 4.29. The number of nitrogens with one attached hydrogen (secondary N) is 2. The lowest BCUT2D eigenvalue weighted by Gasteiger charge is -2.07. The first-order valence-electron chi connectivity index (χ1n) is 9.99. The molecule has 2 aromatic heterocycles. The number of ether oxygens (including phenoxy) is 1. The highest BCUT2D eigenvalue weighted by molar-refractivity contribution is 5.91. The van der Waals surface area contributed by atoms with Gasteiger partial charge in [0.25, 0.3) is 6.01 Å². The highest BCUT2D eigenvalue weighted by atomic mass is 16.5. The third-order valence-corrected chi connectivity index (χ3v) is 5.66. The van der Waals surface area contributed by atoms with Crippen molar-refractivity contribution >= 4 is 27.9 Å². The van der Waals surface area contributed by atoms with E-state index in [0.717, 1.165) is 33.2 Å². The third kappa shape index (κ3) is 3.32. The van der Waals surface area contributed by atoms with Gasteiger partial charge in [-0.1, -0.05) is 18.2 Å². The highest BCUT2D eigenvalue weighted by Crippen LogP contribution is 2.32. The van der Waals surface area contributed by atoms with Gasteiger partial charge in [-0.25, -0.2) is 4.79 Å². The fourth-order valence-electron chi connectivity index (χ4n) is 3.95. The first kappa shape index (κ1) is 18.9. The van der Waals surface area contributed by atoms with Gasteiger partial charge in [0.2, 0.25) is 0 Å². The molecule has 6 heteroatoms. The maximum Gasteiger partial charge on any atom is 0.336 e. The number of hydrogen-bond acceptors (Lipinski definition) is 3. The number of carbonyl (C=O) groups is 1. The van der Waals surface area contributed by atoms with Crippen LogP contribution in [0.3, 0.4) is 0 Å². The Morgan fingerprint density at radius 2 is 1.77 bits per heavy atom. The van der Waals surface area contributed by atoms with E-state index in [-0.39, 0.29) is 5.56 Å². The van der Waals surface area contributed by atoms with E-state index in [1.165, 1.54) is 17.0 Å². The second-order valence-electron chi connectivity index (χ2n) is 7.84. The third-order valence-electron chi connectivity index (χ3n) is 5.66. The second kappa shape index (κ2) is 7.02. The van der Waals surface area contributed by atoms with Crippen LogP contribution in [0.2, 0.25) is 0 Å². The van der Waals surface area contributed by atoms with Crippen molar-refractivity contribution in [2.75, 3.05) is 0 Å². The zero-order valence-electron chi connectivity index (χ0n) is 17.4. The summed E-state index contributed by atoms with van der Waals surface area (Å²) in [5.41, 5.74) is 8.20. The highest BCUT2D eigenvalue weighted by Gasteiger charge is 2.13. The van der Waals surface area contributed by atoms with Crippen LogP contribution < -0.4 is 4.74 Å². The normalized spacial score (nSPS) is 11.3. The Morgan fingerprint density at radius 1 is 0.935 bits per heavy atom. The summed E-state index contributed by atoms with van der Waals surface area (Å²) in [5, 5.41) is 10.5. The first-order chi connectivity index (χ1) is 14.9. The Hall–Kier alpha value is -4.06. The molecule has 0 aliphatic carbocycles. The van der Waals surface area contributed by atoms with Crippen molar-refractivity contribution < 1.29 is 14.6 Å². The molecule has 0 unspecified atom stereocenters. The SMILES string of the molecule is Cc1ccc(Oc2nc3cc(-c4ccc5c(C)c[nH]c5c4)c(C)cc3[nH]2)cc1C(=O)O. The number of carboxylic acid groups (broad SMARTS) is 1. The monoisotopic (exact) mass is 411 g/mol. The average Bonchev–Trinajstić information content (AvgIpc) is 3.30. The summed E-state index contributed by atoms with van der Waals surface area (Å²) in [6.45, 7) is 5.92. The molecule has 0 amide bonds. The molecule has 0 radical (unpaired) electrons. The number of aromatic amines is 2. The number of imidazole rings is 1. The molecule has 0 saturated heterocycles. The van der Waals surface area contributed by atoms with Gasteiger partial charge in [-0.2, -0.15) is 4.98 Å². The predicted octanol–water partition coefficient (Wildman–Crippen LogP) is 6.13. The van der Waals surface area contributed by atoms with E-state index in [2.05, 4.69) is 47.0 Å². The molecular formula is C25H21N3O3. The number of H-pyrrole nitrogens is 2. The van der Waals surface area contributed by atoms with Crippen LogP contribution in [0, 0.1) is 20.8 Å². The van der Waals surface area contributed by atoms with E-state index in [0.29, 0.717) is 17.3 Å². The van der Waals surface area contributed by atoms with Crippen LogP contribution in [0.25, 0.3) is 33.1 Å². The molecule has 31 heavy (non-hydrogen) atoms. The minimum absolute atomic E-state index is 0.210. The quantitative estimate of drug-likeness (QED) is 0.332. The number of rotatable bonds is 4. The van der Waals surface area contributed by atoms with Gasteiger partial charge in [-0.3, -0.25) is 0 Å². The first-order valence-corrected chi connectivity index (χ1v) is 9.99. The van der Waals surface area contributed by atoms with E-state index in [4.69, 9.17) is 4.74 Å². The van der Waals surface area contributed by atoms with Gasteiger partial charge in [0.05, 0.1) is 16.6 Å². The molecular weight excluding hydrogens is 390 g/mol. The lowest BCUT2D eigenvalue weighted by atomic mass is 9.98. The maximum absolute atomic E-state index is 11.4. The summed E-state index contributed by atoms with van der Waals surface area (Å²) in [4.78, 5) is 22.4. The molecule has 0 atom stereocenters. The molecule has 0 aliphatic heterocycles. The van der Waals surface area contributed by atoms with Crippen LogP contribution >= 0.6 is 0 Å². The summed E-state index contributed by atoms with van der Waals surface area (Å²) in [7, 11) is 0. The number of benzene rings is 3. The smallest absolute Gasteiger partial charge is 0.336 e. The van der Waals surface area contributed by atoms with Crippen molar-refractivity contribution in [1.29, 1.82) is 0 Å². The van der Waals surface area contributed by atoms with Crippen molar-refractivity contribution in [3.63, 3.8) is 0 Å². The van der Waals surface area contributed by atoms with Crippen molar-refractivity contribution in [3.8, 4) is 22.9 Å². The number of aromatic nitrogens is 3. The van der Waals surface area contributed by atoms with Crippen molar-refractivity contribution in [2.45, 2.75) is 20.8 Å². The van der Waals surface area contributed by atoms with E-state index < -0.39 is 5.97 Å². The van der Waals surface area contributed by atoms with Crippen LogP contribution in [-0.4, -0.2) is 26.0 Å². The largest absolute Gasteiger partial charge is 0.478 e. The topological polar surface area (TPSA) is 91.0 Å². The number of carboxylic acids is 1. The zero-order valence-corrected chi connectivity index (χ0v) is 17.4. The molecule has 0 fully saturated rings. The van der Waals surface area contributed by atoms with Gasteiger partial charge in [0.1, 0.15) is 5.75 Å². The van der Waals surface area contributed by atoms with E-state index in [1.54, 1.807) is 19.1 Å². The van der Waals surface area contributed by atoms with Gasteiger partial charge in [0.15, 0.2) is 0 Å². The fourth-order valence-corrected chi connectivity index (χ4v) is 3.95. The molecule has 0 saturated carbocycles. The van der Waals surface area contributed by atoms with Gasteiger partial charge >= 0.3 is 5.97 Å². The van der Waals surface area contributed by atoms with Crippen LogP contribution in [0.4, 0.5) is 0 Å². The van der Waals surface area contributed by atoms with Crippen molar-refractivity contribution in [2.24, 2.45) is 0 Å². The molecule has 6 nitrogen and oxygen atoms in total. The molecule has 3 N–H and O–H groups in total. The molecule has 5 aromatic rings. The average molecular weight is 411 g/mol. The number of aryl methyl sites for hydroxylation is 3. The van der Waals surface area contributed by atoms with Crippen molar-refractivity contribution in [1.82, 2.24) is 15.0 Å². The minimum Gasteiger partial charge on any atom is -0.478 e. The number of hydrogen-bond donors (Lipinski definition) is 3. The van der Waals surface area contributed by atoms with E-state index in [1.807, 2.05) is 18.3 Å². The van der Waals surface area contributed by atoms with Crippen LogP contribution in [-0.2, 0) is 0 Å². The van der Waals surface area contributed by atoms with Crippen molar-refractivity contribution in [3.05, 3.63) is 77.0 Å². The van der Waals surface area contributed by atoms with Crippen LogP contribution in [0.5, 0.6) is 11.8 Å².